The Hall–Kier alpha value is -1.24. The summed E-state index contributed by atoms with van der Waals surface area (Å²) in [5.41, 5.74) is 6.00. The van der Waals surface area contributed by atoms with Gasteiger partial charge in [-0.1, -0.05) is 12.2 Å². The molecule has 1 saturated heterocycles. The summed E-state index contributed by atoms with van der Waals surface area (Å²) in [6.45, 7) is 1.80. The molecule has 0 radical (unpaired) electrons. The van der Waals surface area contributed by atoms with Crippen LogP contribution in [0.1, 0.15) is 12.0 Å². The number of ether oxygens (including phenoxy) is 2. The molecule has 1 atom stereocenters. The molecule has 1 aliphatic heterocycles. The molecule has 1 aromatic rings. The van der Waals surface area contributed by atoms with Gasteiger partial charge in [0.15, 0.2) is 0 Å². The van der Waals surface area contributed by atoms with Gasteiger partial charge in [0.2, 0.25) is 0 Å². The van der Waals surface area contributed by atoms with Gasteiger partial charge in [-0.05, 0) is 18.2 Å². The number of benzene rings is 1. The number of anilines is 1. The molecule has 1 unspecified atom stereocenters. The average molecular weight is 284 g/mol. The van der Waals surface area contributed by atoms with E-state index in [0.29, 0.717) is 25.4 Å². The van der Waals surface area contributed by atoms with E-state index in [0.717, 1.165) is 6.42 Å². The van der Waals surface area contributed by atoms with Crippen molar-refractivity contribution in [2.75, 3.05) is 32.2 Å². The van der Waals surface area contributed by atoms with Gasteiger partial charge in [0.05, 0.1) is 6.61 Å². The van der Waals surface area contributed by atoms with E-state index in [9.17, 15) is 4.39 Å². The summed E-state index contributed by atoms with van der Waals surface area (Å²) in [5, 5.41) is 3.16. The Morgan fingerprint density at radius 3 is 2.95 bits per heavy atom. The first-order chi connectivity index (χ1) is 9.06. The second kappa shape index (κ2) is 5.81. The highest BCUT2D eigenvalue weighted by Gasteiger charge is 2.34. The molecule has 3 N–H and O–H groups in total. The quantitative estimate of drug-likeness (QED) is 0.806. The Labute approximate surface area is 117 Å². The summed E-state index contributed by atoms with van der Waals surface area (Å²) in [6, 6.07) is 4.70. The monoisotopic (exact) mass is 284 g/mol. The third-order valence-electron chi connectivity index (χ3n) is 3.35. The van der Waals surface area contributed by atoms with Crippen molar-refractivity contribution in [3.05, 3.63) is 29.6 Å². The summed E-state index contributed by atoms with van der Waals surface area (Å²) < 4.78 is 24.5. The molecule has 4 nitrogen and oxygen atoms in total. The van der Waals surface area contributed by atoms with Crippen LogP contribution in [0.4, 0.5) is 10.1 Å². The van der Waals surface area contributed by atoms with Crippen LogP contribution in [0.3, 0.4) is 0 Å². The summed E-state index contributed by atoms with van der Waals surface area (Å²) in [6.07, 6.45) is 0.823. The van der Waals surface area contributed by atoms with Crippen molar-refractivity contribution >= 4 is 22.9 Å². The Morgan fingerprint density at radius 1 is 1.63 bits per heavy atom. The van der Waals surface area contributed by atoms with Gasteiger partial charge in [0.1, 0.15) is 16.4 Å². The van der Waals surface area contributed by atoms with E-state index in [1.54, 1.807) is 19.2 Å². The number of hydrogen-bond donors (Lipinski definition) is 2. The highest BCUT2D eigenvalue weighted by molar-refractivity contribution is 7.80. The van der Waals surface area contributed by atoms with Crippen molar-refractivity contribution in [2.45, 2.75) is 12.0 Å². The van der Waals surface area contributed by atoms with Crippen LogP contribution in [0.2, 0.25) is 0 Å². The van der Waals surface area contributed by atoms with Crippen LogP contribution in [0.25, 0.3) is 0 Å². The normalized spacial score (nSPS) is 22.4. The van der Waals surface area contributed by atoms with Crippen LogP contribution in [0, 0.1) is 5.82 Å². The smallest absolute Gasteiger partial charge is 0.135 e. The lowest BCUT2D eigenvalue weighted by Crippen LogP contribution is -2.39. The molecule has 0 spiro atoms. The van der Waals surface area contributed by atoms with Gasteiger partial charge in [-0.2, -0.15) is 0 Å². The van der Waals surface area contributed by atoms with Crippen molar-refractivity contribution < 1.29 is 13.9 Å². The van der Waals surface area contributed by atoms with Crippen molar-refractivity contribution in [3.63, 3.8) is 0 Å². The fourth-order valence-corrected chi connectivity index (χ4v) is 2.21. The van der Waals surface area contributed by atoms with Gasteiger partial charge in [-0.25, -0.2) is 4.39 Å². The lowest BCUT2D eigenvalue weighted by molar-refractivity contribution is -0.00620. The van der Waals surface area contributed by atoms with Crippen LogP contribution in [0.5, 0.6) is 0 Å². The van der Waals surface area contributed by atoms with Gasteiger partial charge < -0.3 is 20.5 Å². The zero-order chi connectivity index (χ0) is 13.9. The molecular formula is C13H17FN2O2S. The first-order valence-corrected chi connectivity index (χ1v) is 6.43. The Bertz CT molecular complexity index is 476. The number of nitrogens with one attached hydrogen (secondary N) is 1. The second-order valence-corrected chi connectivity index (χ2v) is 5.04. The number of halogens is 1. The molecular weight excluding hydrogens is 267 g/mol. The summed E-state index contributed by atoms with van der Waals surface area (Å²) in [5.74, 6) is -0.424. The maximum absolute atomic E-state index is 13.7. The molecule has 0 bridgehead atoms. The van der Waals surface area contributed by atoms with Crippen LogP contribution >= 0.6 is 12.2 Å². The third kappa shape index (κ3) is 3.20. The maximum atomic E-state index is 13.7. The van der Waals surface area contributed by atoms with E-state index in [1.807, 2.05) is 0 Å². The lowest BCUT2D eigenvalue weighted by atomic mass is 10.0. The van der Waals surface area contributed by atoms with E-state index >= 15 is 0 Å². The molecule has 0 aliphatic carbocycles. The summed E-state index contributed by atoms with van der Waals surface area (Å²) >= 11 is 4.76. The van der Waals surface area contributed by atoms with Crippen LogP contribution in [-0.4, -0.2) is 37.5 Å². The van der Waals surface area contributed by atoms with Crippen molar-refractivity contribution in [3.8, 4) is 0 Å². The molecule has 6 heteroatoms. The minimum atomic E-state index is -0.424. The van der Waals surface area contributed by atoms with E-state index in [-0.39, 0.29) is 16.2 Å². The molecule has 1 aliphatic rings. The molecule has 2 rings (SSSR count). The van der Waals surface area contributed by atoms with Gasteiger partial charge >= 0.3 is 0 Å². The van der Waals surface area contributed by atoms with Gasteiger partial charge in [0, 0.05) is 37.9 Å². The van der Waals surface area contributed by atoms with Crippen molar-refractivity contribution in [1.82, 2.24) is 0 Å². The molecule has 1 fully saturated rings. The van der Waals surface area contributed by atoms with Crippen molar-refractivity contribution in [2.24, 2.45) is 5.73 Å². The third-order valence-corrected chi connectivity index (χ3v) is 3.57. The average Bonchev–Trinajstić information content (AvgIpc) is 2.85. The van der Waals surface area contributed by atoms with Crippen LogP contribution < -0.4 is 11.1 Å². The molecule has 0 saturated carbocycles. The van der Waals surface area contributed by atoms with Gasteiger partial charge in [-0.3, -0.25) is 0 Å². The highest BCUT2D eigenvalue weighted by Crippen LogP contribution is 2.23. The van der Waals surface area contributed by atoms with Gasteiger partial charge in [0.25, 0.3) is 0 Å². The fraction of sp³-hybridized carbons (Fsp3) is 0.462. The topological polar surface area (TPSA) is 56.5 Å². The zero-order valence-corrected chi connectivity index (χ0v) is 11.6. The largest absolute Gasteiger partial charge is 0.389 e. The minimum Gasteiger partial charge on any atom is -0.389 e. The van der Waals surface area contributed by atoms with E-state index in [1.165, 1.54) is 6.07 Å². The van der Waals surface area contributed by atoms with Gasteiger partial charge in [-0.15, -0.1) is 0 Å². The van der Waals surface area contributed by atoms with Crippen LogP contribution in [0.15, 0.2) is 18.2 Å². The van der Waals surface area contributed by atoms with E-state index in [4.69, 9.17) is 27.4 Å². The number of hydrogen-bond acceptors (Lipinski definition) is 4. The molecule has 19 heavy (non-hydrogen) atoms. The Kier molecular flexibility index (Phi) is 4.34. The molecule has 104 valence electrons. The number of rotatable bonds is 5. The van der Waals surface area contributed by atoms with E-state index < -0.39 is 5.82 Å². The molecule has 0 aromatic heterocycles. The summed E-state index contributed by atoms with van der Waals surface area (Å²) in [4.78, 5) is 0.0570. The minimum absolute atomic E-state index is 0.0570. The number of thiocarbonyl (C=S) groups is 1. The SMILES string of the molecule is COC1(CNc2ccc(C(N)=S)c(F)c2)CCOC1. The van der Waals surface area contributed by atoms with E-state index in [2.05, 4.69) is 5.32 Å². The molecule has 1 aromatic carbocycles. The summed E-state index contributed by atoms with van der Waals surface area (Å²) in [7, 11) is 1.66. The first kappa shape index (κ1) is 14.2. The lowest BCUT2D eigenvalue weighted by Gasteiger charge is -2.26. The number of methoxy groups -OCH3 is 1. The molecule has 1 heterocycles. The number of nitrogens with two attached hydrogens (primary N) is 1. The standard InChI is InChI=1S/C13H17FN2O2S/c1-17-13(4-5-18-8-13)7-16-9-2-3-10(12(15)19)11(14)6-9/h2-3,6,16H,4-5,7-8H2,1H3,(H2,15,19). The Morgan fingerprint density at radius 2 is 2.42 bits per heavy atom. The zero-order valence-electron chi connectivity index (χ0n) is 10.7. The molecule has 0 amide bonds. The second-order valence-electron chi connectivity index (χ2n) is 4.60. The first-order valence-electron chi connectivity index (χ1n) is 6.02. The predicted molar refractivity (Wildman–Crippen MR) is 76.0 cm³/mol. The van der Waals surface area contributed by atoms with Crippen LogP contribution in [-0.2, 0) is 9.47 Å². The highest BCUT2D eigenvalue weighted by atomic mass is 32.1. The fourth-order valence-electron chi connectivity index (χ4n) is 2.05. The van der Waals surface area contributed by atoms with Crippen molar-refractivity contribution in [1.29, 1.82) is 0 Å². The Balaban J connectivity index is 2.03. The maximum Gasteiger partial charge on any atom is 0.135 e. The predicted octanol–water partition coefficient (Wildman–Crippen LogP) is 1.68.